The number of hydrogen-bond acceptors (Lipinski definition) is 3. The molecule has 0 aliphatic heterocycles. The zero-order valence-electron chi connectivity index (χ0n) is 11.5. The van der Waals surface area contributed by atoms with E-state index in [1.54, 1.807) is 17.0 Å². The van der Waals surface area contributed by atoms with E-state index in [9.17, 15) is 4.79 Å². The van der Waals surface area contributed by atoms with Crippen molar-refractivity contribution in [1.82, 2.24) is 9.55 Å². The first kappa shape index (κ1) is 15.0. The molecule has 0 amide bonds. The first-order valence-corrected chi connectivity index (χ1v) is 6.94. The van der Waals surface area contributed by atoms with Crippen molar-refractivity contribution in [1.29, 1.82) is 0 Å². The molecule has 0 unspecified atom stereocenters. The molecule has 102 valence electrons. The maximum atomic E-state index is 12.2. The van der Waals surface area contributed by atoms with Crippen molar-refractivity contribution < 1.29 is 0 Å². The van der Waals surface area contributed by atoms with Gasteiger partial charge in [0.05, 0.1) is 5.54 Å². The highest BCUT2D eigenvalue weighted by Crippen LogP contribution is 2.21. The third-order valence-corrected chi connectivity index (χ3v) is 3.93. The molecule has 1 rings (SSSR count). The Balaban J connectivity index is 3.12. The summed E-state index contributed by atoms with van der Waals surface area (Å²) in [5.74, 6) is 0.841. The Kier molecular flexibility index (Phi) is 5.20. The van der Waals surface area contributed by atoms with E-state index in [0.29, 0.717) is 11.7 Å². The van der Waals surface area contributed by atoms with Crippen LogP contribution in [0.15, 0.2) is 17.2 Å². The van der Waals surface area contributed by atoms with Crippen LogP contribution in [0.5, 0.6) is 0 Å². The number of aromatic nitrogens is 2. The molecule has 0 atom stereocenters. The molecule has 0 spiro atoms. The van der Waals surface area contributed by atoms with Crippen LogP contribution >= 0.6 is 11.6 Å². The van der Waals surface area contributed by atoms with Crippen molar-refractivity contribution in [2.24, 2.45) is 0 Å². The van der Waals surface area contributed by atoms with E-state index in [2.05, 4.69) is 24.1 Å². The van der Waals surface area contributed by atoms with Crippen LogP contribution in [0.3, 0.4) is 0 Å². The van der Waals surface area contributed by atoms with Gasteiger partial charge in [-0.05, 0) is 26.7 Å². The van der Waals surface area contributed by atoms with Gasteiger partial charge in [0.25, 0.3) is 5.56 Å². The largest absolute Gasteiger partial charge is 0.359 e. The molecule has 4 nitrogen and oxygen atoms in total. The van der Waals surface area contributed by atoms with Crippen LogP contribution in [-0.2, 0) is 0 Å². The van der Waals surface area contributed by atoms with Gasteiger partial charge in [-0.3, -0.25) is 4.79 Å². The Labute approximate surface area is 113 Å². The average molecular weight is 272 g/mol. The van der Waals surface area contributed by atoms with Crippen LogP contribution in [0.25, 0.3) is 0 Å². The minimum absolute atomic E-state index is 0.0936. The van der Waals surface area contributed by atoms with Crippen LogP contribution in [0.1, 0.15) is 46.6 Å². The minimum Gasteiger partial charge on any atom is -0.359 e. The third-order valence-electron chi connectivity index (χ3n) is 3.42. The summed E-state index contributed by atoms with van der Waals surface area (Å²) in [7, 11) is 0. The lowest BCUT2D eigenvalue weighted by molar-refractivity contribution is 0.479. The fourth-order valence-electron chi connectivity index (χ4n) is 1.82. The molecular weight excluding hydrogens is 250 g/mol. The number of nitrogens with one attached hydrogen (secondary N) is 1. The molecular formula is C13H22ClN3O. The van der Waals surface area contributed by atoms with Crippen molar-refractivity contribution in [2.75, 3.05) is 11.2 Å². The van der Waals surface area contributed by atoms with Crippen molar-refractivity contribution >= 4 is 17.4 Å². The van der Waals surface area contributed by atoms with Crippen molar-refractivity contribution in [2.45, 2.75) is 52.1 Å². The summed E-state index contributed by atoms with van der Waals surface area (Å²) in [4.78, 5) is 16.4. The number of anilines is 1. The standard InChI is InChI=1S/C13H22ClN3O/c1-5-13(6-2,9-14)16-11-12(18)17(10(3)4)8-7-15-11/h7-8,10H,5-6,9H2,1-4H3,(H,15,16). The van der Waals surface area contributed by atoms with Gasteiger partial charge < -0.3 is 9.88 Å². The van der Waals surface area contributed by atoms with Gasteiger partial charge in [-0.1, -0.05) is 13.8 Å². The highest BCUT2D eigenvalue weighted by atomic mass is 35.5. The Morgan fingerprint density at radius 2 is 2.06 bits per heavy atom. The Hall–Kier alpha value is -1.03. The van der Waals surface area contributed by atoms with Gasteiger partial charge >= 0.3 is 0 Å². The molecule has 1 aromatic rings. The lowest BCUT2D eigenvalue weighted by Crippen LogP contribution is -2.42. The monoisotopic (exact) mass is 271 g/mol. The minimum atomic E-state index is -0.260. The zero-order chi connectivity index (χ0) is 13.8. The van der Waals surface area contributed by atoms with Crippen LogP contribution in [0, 0.1) is 0 Å². The second-order valence-corrected chi connectivity index (χ2v) is 5.10. The number of hydrogen-bond donors (Lipinski definition) is 1. The van der Waals surface area contributed by atoms with Crippen LogP contribution in [-0.4, -0.2) is 21.0 Å². The SMILES string of the molecule is CCC(CC)(CCl)Nc1nccn(C(C)C)c1=O. The van der Waals surface area contributed by atoms with Crippen molar-refractivity contribution in [3.63, 3.8) is 0 Å². The summed E-state index contributed by atoms with van der Waals surface area (Å²) in [6.07, 6.45) is 5.06. The molecule has 0 aliphatic carbocycles. The van der Waals surface area contributed by atoms with Crippen molar-refractivity contribution in [3.8, 4) is 0 Å². The fourth-order valence-corrected chi connectivity index (χ4v) is 2.26. The lowest BCUT2D eigenvalue weighted by atomic mass is 9.95. The predicted octanol–water partition coefficient (Wildman–Crippen LogP) is 3.03. The lowest BCUT2D eigenvalue weighted by Gasteiger charge is -2.31. The van der Waals surface area contributed by atoms with Gasteiger partial charge in [-0.2, -0.15) is 0 Å². The first-order valence-electron chi connectivity index (χ1n) is 6.41. The maximum Gasteiger partial charge on any atom is 0.293 e. The van der Waals surface area contributed by atoms with E-state index in [0.717, 1.165) is 12.8 Å². The normalized spacial score (nSPS) is 11.9. The van der Waals surface area contributed by atoms with Gasteiger partial charge in [0.15, 0.2) is 5.82 Å². The molecule has 0 bridgehead atoms. The molecule has 0 aromatic carbocycles. The van der Waals surface area contributed by atoms with Gasteiger partial charge in [0.2, 0.25) is 0 Å². The Morgan fingerprint density at radius 1 is 1.44 bits per heavy atom. The van der Waals surface area contributed by atoms with E-state index >= 15 is 0 Å². The summed E-state index contributed by atoms with van der Waals surface area (Å²) < 4.78 is 1.67. The summed E-state index contributed by atoms with van der Waals surface area (Å²) >= 11 is 6.03. The van der Waals surface area contributed by atoms with Crippen LogP contribution in [0.2, 0.25) is 0 Å². The number of alkyl halides is 1. The second kappa shape index (κ2) is 6.23. The highest BCUT2D eigenvalue weighted by molar-refractivity contribution is 6.18. The zero-order valence-corrected chi connectivity index (χ0v) is 12.3. The highest BCUT2D eigenvalue weighted by Gasteiger charge is 2.26. The van der Waals surface area contributed by atoms with Crippen molar-refractivity contribution in [3.05, 3.63) is 22.7 Å². The summed E-state index contributed by atoms with van der Waals surface area (Å²) in [6.45, 7) is 8.06. The molecule has 0 saturated carbocycles. The van der Waals surface area contributed by atoms with E-state index in [-0.39, 0.29) is 17.1 Å². The van der Waals surface area contributed by atoms with E-state index in [1.807, 2.05) is 13.8 Å². The fraction of sp³-hybridized carbons (Fsp3) is 0.692. The molecule has 5 heteroatoms. The smallest absolute Gasteiger partial charge is 0.293 e. The van der Waals surface area contributed by atoms with E-state index in [4.69, 9.17) is 11.6 Å². The maximum absolute atomic E-state index is 12.2. The number of rotatable bonds is 6. The van der Waals surface area contributed by atoms with Gasteiger partial charge in [-0.15, -0.1) is 11.6 Å². The molecule has 0 aliphatic rings. The molecule has 1 aromatic heterocycles. The summed E-state index contributed by atoms with van der Waals surface area (Å²) in [5, 5.41) is 3.23. The first-order chi connectivity index (χ1) is 8.49. The van der Waals surface area contributed by atoms with Crippen LogP contribution in [0.4, 0.5) is 5.82 Å². The van der Waals surface area contributed by atoms with Gasteiger partial charge in [0.1, 0.15) is 0 Å². The summed E-state index contributed by atoms with van der Waals surface area (Å²) in [6, 6.07) is 0.120. The van der Waals surface area contributed by atoms with Gasteiger partial charge in [-0.25, -0.2) is 4.98 Å². The third kappa shape index (κ3) is 3.05. The number of nitrogens with zero attached hydrogens (tertiary/aromatic N) is 2. The average Bonchev–Trinajstić information content (AvgIpc) is 2.38. The quantitative estimate of drug-likeness (QED) is 0.809. The molecule has 0 radical (unpaired) electrons. The molecule has 18 heavy (non-hydrogen) atoms. The predicted molar refractivity (Wildman–Crippen MR) is 76.5 cm³/mol. The number of halogens is 1. The topological polar surface area (TPSA) is 46.9 Å². The molecule has 1 heterocycles. The second-order valence-electron chi connectivity index (χ2n) is 4.83. The Morgan fingerprint density at radius 3 is 2.50 bits per heavy atom. The van der Waals surface area contributed by atoms with E-state index < -0.39 is 0 Å². The Bertz CT molecular complexity index is 430. The molecule has 1 N–H and O–H groups in total. The summed E-state index contributed by atoms with van der Waals surface area (Å²) in [5.41, 5.74) is -0.354. The molecule has 0 saturated heterocycles. The van der Waals surface area contributed by atoms with Crippen LogP contribution < -0.4 is 10.9 Å². The van der Waals surface area contributed by atoms with Gasteiger partial charge in [0, 0.05) is 24.3 Å². The van der Waals surface area contributed by atoms with E-state index in [1.165, 1.54) is 0 Å². The molecule has 0 fully saturated rings.